The molecular formula is C29H38FN3O3. The van der Waals surface area contributed by atoms with E-state index in [2.05, 4.69) is 41.4 Å². The van der Waals surface area contributed by atoms with Crippen LogP contribution in [0.15, 0.2) is 54.6 Å². The third-order valence-electron chi connectivity index (χ3n) is 7.59. The first kappa shape index (κ1) is 26.5. The maximum absolute atomic E-state index is 15.6. The first-order valence-electron chi connectivity index (χ1n) is 13.0. The number of halogens is 1. The quantitative estimate of drug-likeness (QED) is 0.424. The average molecular weight is 496 g/mol. The van der Waals surface area contributed by atoms with Crippen LogP contribution in [0, 0.1) is 6.92 Å². The molecule has 7 heteroatoms. The number of aryl methyl sites for hydroxylation is 1. The zero-order valence-electron chi connectivity index (χ0n) is 21.4. The molecule has 36 heavy (non-hydrogen) atoms. The van der Waals surface area contributed by atoms with Gasteiger partial charge in [-0.05, 0) is 25.3 Å². The van der Waals surface area contributed by atoms with Crippen molar-refractivity contribution in [1.29, 1.82) is 0 Å². The Balaban J connectivity index is 1.45. The van der Waals surface area contributed by atoms with Crippen molar-refractivity contribution in [2.24, 2.45) is 0 Å². The molecule has 4 rings (SSSR count). The summed E-state index contributed by atoms with van der Waals surface area (Å²) in [5, 5.41) is 2.68. The summed E-state index contributed by atoms with van der Waals surface area (Å²) in [6.07, 6.45) is 0.305. The lowest BCUT2D eigenvalue weighted by molar-refractivity contribution is -0.119. The van der Waals surface area contributed by atoms with E-state index in [0.717, 1.165) is 45.7 Å². The van der Waals surface area contributed by atoms with Crippen molar-refractivity contribution in [3.8, 4) is 0 Å². The number of piperidine rings is 1. The number of rotatable bonds is 9. The molecule has 2 aliphatic heterocycles. The molecule has 194 valence electrons. The first-order chi connectivity index (χ1) is 17.4. The zero-order chi connectivity index (χ0) is 25.5. The minimum Gasteiger partial charge on any atom is -0.379 e. The van der Waals surface area contributed by atoms with E-state index in [0.29, 0.717) is 18.7 Å². The minimum atomic E-state index is -1.31. The Bertz CT molecular complexity index is 1020. The number of hydrogen-bond acceptors (Lipinski definition) is 5. The maximum Gasteiger partial charge on any atom is 0.217 e. The van der Waals surface area contributed by atoms with Crippen molar-refractivity contribution in [3.05, 3.63) is 71.3 Å². The van der Waals surface area contributed by atoms with Gasteiger partial charge in [-0.25, -0.2) is 4.39 Å². The standard InChI is InChI=1S/C29H38FN3O3/c1-22-7-6-10-25(19-22)29(21-32-15-17-36-18-16-32)11-13-33(14-12-29)27(30)20-26(31-23(2)34)28(35)24-8-4-3-5-9-24/h3-10,19,26-27H,11-18,20-21H2,1-2H3,(H,31,34). The van der Waals surface area contributed by atoms with Crippen LogP contribution in [-0.2, 0) is 14.9 Å². The summed E-state index contributed by atoms with van der Waals surface area (Å²) in [5.41, 5.74) is 2.99. The second kappa shape index (κ2) is 12.1. The summed E-state index contributed by atoms with van der Waals surface area (Å²) in [6.45, 7) is 8.96. The van der Waals surface area contributed by atoms with Crippen LogP contribution in [0.1, 0.15) is 47.7 Å². The van der Waals surface area contributed by atoms with Gasteiger partial charge in [-0.1, -0.05) is 60.2 Å². The fourth-order valence-electron chi connectivity index (χ4n) is 5.56. The Hall–Kier alpha value is -2.61. The number of ketones is 1. The smallest absolute Gasteiger partial charge is 0.217 e. The highest BCUT2D eigenvalue weighted by atomic mass is 19.1. The van der Waals surface area contributed by atoms with E-state index in [-0.39, 0.29) is 23.5 Å². The van der Waals surface area contributed by atoms with Crippen molar-refractivity contribution in [2.75, 3.05) is 45.9 Å². The summed E-state index contributed by atoms with van der Waals surface area (Å²) < 4.78 is 21.2. The third-order valence-corrected chi connectivity index (χ3v) is 7.59. The second-order valence-corrected chi connectivity index (χ2v) is 10.2. The van der Waals surface area contributed by atoms with Crippen LogP contribution in [0.5, 0.6) is 0 Å². The average Bonchev–Trinajstić information content (AvgIpc) is 2.89. The number of alkyl halides is 1. The minimum absolute atomic E-state index is 0.0452. The molecule has 2 aromatic rings. The number of carbonyl (C=O) groups excluding carboxylic acids is 2. The molecular weight excluding hydrogens is 457 g/mol. The number of likely N-dealkylation sites (tertiary alicyclic amines) is 1. The normalized spacial score (nSPS) is 20.4. The molecule has 0 saturated carbocycles. The molecule has 2 aromatic carbocycles. The number of benzene rings is 2. The van der Waals surface area contributed by atoms with Gasteiger partial charge in [0.15, 0.2) is 12.1 Å². The van der Waals surface area contributed by atoms with E-state index in [1.807, 2.05) is 11.0 Å². The highest BCUT2D eigenvalue weighted by Crippen LogP contribution is 2.38. The van der Waals surface area contributed by atoms with Crippen molar-refractivity contribution >= 4 is 11.7 Å². The lowest BCUT2D eigenvalue weighted by Gasteiger charge is -2.46. The van der Waals surface area contributed by atoms with Crippen molar-refractivity contribution in [3.63, 3.8) is 0 Å². The second-order valence-electron chi connectivity index (χ2n) is 10.2. The summed E-state index contributed by atoms with van der Waals surface area (Å²) >= 11 is 0. The van der Waals surface area contributed by atoms with Gasteiger partial charge in [-0.2, -0.15) is 0 Å². The first-order valence-corrected chi connectivity index (χ1v) is 13.0. The van der Waals surface area contributed by atoms with Gasteiger partial charge in [0.1, 0.15) is 0 Å². The van der Waals surface area contributed by atoms with Gasteiger partial charge in [0.25, 0.3) is 0 Å². The molecule has 6 nitrogen and oxygen atoms in total. The molecule has 2 atom stereocenters. The number of carbonyl (C=O) groups is 2. The molecule has 1 N–H and O–H groups in total. The molecule has 2 fully saturated rings. The van der Waals surface area contributed by atoms with Crippen LogP contribution in [0.2, 0.25) is 0 Å². The molecule has 0 aromatic heterocycles. The van der Waals surface area contributed by atoms with Crippen molar-refractivity contribution < 1.29 is 18.7 Å². The van der Waals surface area contributed by atoms with Crippen molar-refractivity contribution in [1.82, 2.24) is 15.1 Å². The summed E-state index contributed by atoms with van der Waals surface area (Å²) in [5.74, 6) is -0.592. The number of amides is 1. The number of nitrogens with zero attached hydrogens (tertiary/aromatic N) is 2. The summed E-state index contributed by atoms with van der Waals surface area (Å²) in [7, 11) is 0. The van der Waals surface area contributed by atoms with E-state index >= 15 is 4.39 Å². The molecule has 0 spiro atoms. The maximum atomic E-state index is 15.6. The van der Waals surface area contributed by atoms with Crippen LogP contribution in [0.3, 0.4) is 0 Å². The van der Waals surface area contributed by atoms with Crippen LogP contribution >= 0.6 is 0 Å². The molecule has 2 heterocycles. The van der Waals surface area contributed by atoms with Gasteiger partial charge >= 0.3 is 0 Å². The summed E-state index contributed by atoms with van der Waals surface area (Å²) in [6, 6.07) is 16.6. The van der Waals surface area contributed by atoms with Gasteiger partial charge in [0, 0.05) is 57.0 Å². The third kappa shape index (κ3) is 6.58. The monoisotopic (exact) mass is 495 g/mol. The highest BCUT2D eigenvalue weighted by Gasteiger charge is 2.40. The highest BCUT2D eigenvalue weighted by molar-refractivity contribution is 6.01. The van der Waals surface area contributed by atoms with Crippen LogP contribution < -0.4 is 5.32 Å². The topological polar surface area (TPSA) is 61.9 Å². The van der Waals surface area contributed by atoms with E-state index in [4.69, 9.17) is 4.74 Å². The number of ether oxygens (including phenoxy) is 1. The van der Waals surface area contributed by atoms with Crippen LogP contribution in [0.4, 0.5) is 4.39 Å². The molecule has 0 radical (unpaired) electrons. The van der Waals surface area contributed by atoms with Gasteiger partial charge < -0.3 is 10.1 Å². The van der Waals surface area contributed by atoms with Crippen molar-refractivity contribution in [2.45, 2.75) is 50.9 Å². The molecule has 2 saturated heterocycles. The lowest BCUT2D eigenvalue weighted by Crippen LogP contribution is -2.53. The molecule has 0 aliphatic carbocycles. The molecule has 0 bridgehead atoms. The number of Topliss-reactive ketones (excluding diaryl/α,β-unsaturated/α-hetero) is 1. The Kier molecular flexibility index (Phi) is 8.88. The predicted octanol–water partition coefficient (Wildman–Crippen LogP) is 3.73. The lowest BCUT2D eigenvalue weighted by atomic mass is 9.71. The fourth-order valence-corrected chi connectivity index (χ4v) is 5.56. The van der Waals surface area contributed by atoms with Crippen LogP contribution in [0.25, 0.3) is 0 Å². The largest absolute Gasteiger partial charge is 0.379 e. The van der Waals surface area contributed by atoms with Gasteiger partial charge in [0.2, 0.25) is 5.91 Å². The molecule has 1 amide bonds. The Morgan fingerprint density at radius 3 is 2.36 bits per heavy atom. The Labute approximate surface area is 213 Å². The van der Waals surface area contributed by atoms with Gasteiger partial charge in [-0.15, -0.1) is 0 Å². The van der Waals surface area contributed by atoms with Gasteiger partial charge in [-0.3, -0.25) is 19.4 Å². The van der Waals surface area contributed by atoms with Crippen LogP contribution in [-0.4, -0.2) is 79.8 Å². The number of morpholine rings is 1. The van der Waals surface area contributed by atoms with E-state index in [1.165, 1.54) is 18.1 Å². The number of nitrogens with one attached hydrogen (secondary N) is 1. The van der Waals surface area contributed by atoms with E-state index in [1.54, 1.807) is 24.3 Å². The van der Waals surface area contributed by atoms with Gasteiger partial charge in [0.05, 0.1) is 19.3 Å². The fraction of sp³-hybridized carbons (Fsp3) is 0.517. The van der Waals surface area contributed by atoms with E-state index in [9.17, 15) is 9.59 Å². The zero-order valence-corrected chi connectivity index (χ0v) is 21.4. The Morgan fingerprint density at radius 1 is 1.03 bits per heavy atom. The SMILES string of the molecule is CC(=O)NC(CC(F)N1CCC(CN2CCOCC2)(c2cccc(C)c2)CC1)C(=O)c1ccccc1. The molecule has 2 unspecified atom stereocenters. The van der Waals surface area contributed by atoms with E-state index < -0.39 is 12.3 Å². The Morgan fingerprint density at radius 2 is 1.72 bits per heavy atom. The number of hydrogen-bond donors (Lipinski definition) is 1. The summed E-state index contributed by atoms with van der Waals surface area (Å²) in [4.78, 5) is 29.1. The predicted molar refractivity (Wildman–Crippen MR) is 139 cm³/mol. The molecule has 2 aliphatic rings.